The fourth-order valence-corrected chi connectivity index (χ4v) is 8.14. The van der Waals surface area contributed by atoms with Gasteiger partial charge in [-0.3, -0.25) is 16.3 Å². The van der Waals surface area contributed by atoms with Crippen molar-refractivity contribution in [1.29, 1.82) is 0 Å². The monoisotopic (exact) mass is 962 g/mol. The molecule has 0 amide bonds. The van der Waals surface area contributed by atoms with Crippen LogP contribution in [0.4, 0.5) is 0 Å². The van der Waals surface area contributed by atoms with Crippen LogP contribution in [0, 0.1) is 25.2 Å². The molecule has 0 saturated carbocycles. The van der Waals surface area contributed by atoms with Crippen molar-refractivity contribution >= 4 is 32.5 Å². The molecule has 0 aliphatic heterocycles. The second-order valence-corrected chi connectivity index (χ2v) is 14.9. The van der Waals surface area contributed by atoms with E-state index in [1.54, 1.807) is 23.5 Å². The molecule has 289 valence electrons. The number of aromatic nitrogens is 3. The van der Waals surface area contributed by atoms with Gasteiger partial charge < -0.3 is 9.55 Å². The third-order valence-corrected chi connectivity index (χ3v) is 11.1. The molecule has 7 aromatic carbocycles. The summed E-state index contributed by atoms with van der Waals surface area (Å²) in [5.41, 5.74) is 13.1. The van der Waals surface area contributed by atoms with Crippen LogP contribution in [0.2, 0.25) is 0 Å². The first-order valence-corrected chi connectivity index (χ1v) is 20.0. The predicted octanol–water partition coefficient (Wildman–Crippen LogP) is 14.0. The van der Waals surface area contributed by atoms with Crippen LogP contribution in [0.3, 0.4) is 0 Å². The van der Waals surface area contributed by atoms with Gasteiger partial charge in [0.25, 0.3) is 0 Å². The van der Waals surface area contributed by atoms with Crippen molar-refractivity contribution in [3.8, 4) is 50.6 Å². The predicted molar refractivity (Wildman–Crippen MR) is 243 cm³/mol. The van der Waals surface area contributed by atoms with Gasteiger partial charge in [-0.25, -0.2) is 0 Å². The van der Waals surface area contributed by atoms with Crippen molar-refractivity contribution in [2.75, 3.05) is 0 Å². The van der Waals surface area contributed by atoms with Crippen molar-refractivity contribution in [3.63, 3.8) is 0 Å². The molecule has 0 atom stereocenters. The Morgan fingerprint density at radius 2 is 1.29 bits per heavy atom. The Morgan fingerprint density at radius 1 is 0.627 bits per heavy atom. The zero-order valence-corrected chi connectivity index (χ0v) is 35.1. The van der Waals surface area contributed by atoms with E-state index in [0.29, 0.717) is 11.3 Å². The summed E-state index contributed by atoms with van der Waals surface area (Å²) in [6.07, 6.45) is 3.30. The summed E-state index contributed by atoms with van der Waals surface area (Å²) in [7, 11) is 0. The summed E-state index contributed by atoms with van der Waals surface area (Å²) < 4.78 is 47.2. The second kappa shape index (κ2) is 18.1. The van der Waals surface area contributed by atoms with Crippen molar-refractivity contribution in [2.24, 2.45) is 0 Å². The molecular formula is C54H41IrN3S-2. The molecule has 5 heteroatoms. The van der Waals surface area contributed by atoms with Crippen LogP contribution in [0.1, 0.15) is 30.5 Å². The van der Waals surface area contributed by atoms with E-state index in [9.17, 15) is 0 Å². The zero-order valence-electron chi connectivity index (χ0n) is 37.9. The van der Waals surface area contributed by atoms with Gasteiger partial charge in [-0.15, -0.1) is 46.8 Å². The molecule has 0 aliphatic carbocycles. The first-order chi connectivity index (χ1) is 31.0. The fourth-order valence-electron chi connectivity index (χ4n) is 7.32. The fraction of sp³-hybridized carbons (Fsp3) is 0.0741. The Labute approximate surface area is 372 Å². The topological polar surface area (TPSA) is 30.7 Å². The molecular weight excluding hydrogens is 915 g/mol. The Kier molecular flexibility index (Phi) is 10.1. The first-order valence-electron chi connectivity index (χ1n) is 22.2. The van der Waals surface area contributed by atoms with Gasteiger partial charge >= 0.3 is 0 Å². The maximum atomic E-state index is 7.28. The van der Waals surface area contributed by atoms with Gasteiger partial charge in [0.1, 0.15) is 0 Å². The summed E-state index contributed by atoms with van der Waals surface area (Å²) in [4.78, 5) is 9.39. The third kappa shape index (κ3) is 8.65. The van der Waals surface area contributed by atoms with Gasteiger partial charge in [0.2, 0.25) is 0 Å². The molecule has 0 saturated heterocycles. The van der Waals surface area contributed by atoms with Crippen molar-refractivity contribution in [2.45, 2.75) is 26.5 Å². The van der Waals surface area contributed by atoms with Gasteiger partial charge in [0.05, 0.1) is 22.5 Å². The SMILES string of the molecule is [2H]C([2H])([2H])c1c[c-]c(-c2ccc(C([2H])([2H])[2H])cn2)cc1.[Ir].[c-]1sc2ccc(CCc3ccccc3)cc2c1-c1nc2ccccc2n1-c1c(-c2ccccc2)cccc1-c1ccccc1. The Morgan fingerprint density at radius 3 is 1.95 bits per heavy atom. The van der Waals surface area contributed by atoms with Crippen LogP contribution in [0.5, 0.6) is 0 Å². The molecule has 0 N–H and O–H groups in total. The minimum atomic E-state index is -2.18. The molecule has 0 aliphatic rings. The second-order valence-electron chi connectivity index (χ2n) is 14.0. The standard InChI is InChI=1S/C41H29N2S.C13H12N.Ir/c1-4-13-29(14-5-1)23-24-30-25-26-39-35(27-30)36(28-44-39)41-42-37-21-10-11-22-38(37)43(41)40-33(31-15-6-2-7-16-31)19-12-20-34(40)32-17-8-3-9-18-32;1-10-3-6-12(7-4-10)13-8-5-11(2)9-14-13;/h1-22,25-27H,23-24H2;3-6,8-9H,1-2H3;/q2*-1;/i;1D3,2D3;. The van der Waals surface area contributed by atoms with Gasteiger partial charge in [-0.2, -0.15) is 0 Å². The summed E-state index contributed by atoms with van der Waals surface area (Å²) in [5.74, 6) is 0.915. The molecule has 10 rings (SSSR count). The Bertz CT molecular complexity index is 3050. The Balaban J connectivity index is 0.000000232. The minimum absolute atomic E-state index is 0. The van der Waals surface area contributed by atoms with E-state index in [1.807, 2.05) is 0 Å². The van der Waals surface area contributed by atoms with Crippen molar-refractivity contribution in [1.82, 2.24) is 14.5 Å². The van der Waals surface area contributed by atoms with Gasteiger partial charge in [0.15, 0.2) is 0 Å². The quantitative estimate of drug-likeness (QED) is 0.142. The summed E-state index contributed by atoms with van der Waals surface area (Å²) in [6.45, 7) is -4.34. The van der Waals surface area contributed by atoms with Crippen LogP contribution in [-0.4, -0.2) is 14.5 Å². The molecule has 10 aromatic rings. The van der Waals surface area contributed by atoms with E-state index < -0.39 is 13.7 Å². The summed E-state index contributed by atoms with van der Waals surface area (Å²) >= 11 is 1.67. The zero-order chi connectivity index (χ0) is 44.3. The molecule has 3 nitrogen and oxygen atoms in total. The number of hydrogen-bond donors (Lipinski definition) is 0. The first kappa shape index (κ1) is 32.7. The number of aryl methyl sites for hydroxylation is 4. The number of hydrogen-bond acceptors (Lipinski definition) is 3. The van der Waals surface area contributed by atoms with Crippen LogP contribution < -0.4 is 0 Å². The molecule has 0 bridgehead atoms. The number of rotatable bonds is 8. The van der Waals surface area contributed by atoms with Crippen LogP contribution in [0.25, 0.3) is 71.7 Å². The van der Waals surface area contributed by atoms with E-state index in [1.165, 1.54) is 67.9 Å². The molecule has 0 fully saturated rings. The van der Waals surface area contributed by atoms with Gasteiger partial charge in [-0.05, 0) is 59.8 Å². The third-order valence-electron chi connectivity index (χ3n) is 10.2. The van der Waals surface area contributed by atoms with Crippen LogP contribution in [-0.2, 0) is 32.9 Å². The number of fused-ring (bicyclic) bond motifs is 2. The number of nitrogens with zero attached hydrogens (tertiary/aromatic N) is 3. The van der Waals surface area contributed by atoms with E-state index in [-0.39, 0.29) is 31.2 Å². The largest absolute Gasteiger partial charge is 0.332 e. The number of benzene rings is 7. The normalized spacial score (nSPS) is 12.8. The Hall–Kier alpha value is -6.23. The average Bonchev–Trinajstić information content (AvgIpc) is 3.92. The smallest absolute Gasteiger partial charge is 0.0774 e. The number of imidazole rings is 1. The number of thiophene rings is 1. The van der Waals surface area contributed by atoms with Crippen LogP contribution >= 0.6 is 11.3 Å². The summed E-state index contributed by atoms with van der Waals surface area (Å²) in [5, 5.41) is 4.88. The maximum Gasteiger partial charge on any atom is 0.0774 e. The van der Waals surface area contributed by atoms with E-state index >= 15 is 0 Å². The molecule has 3 heterocycles. The molecule has 0 unspecified atom stereocenters. The molecule has 0 spiro atoms. The number of para-hydroxylation sites is 3. The van der Waals surface area contributed by atoms with Crippen LogP contribution in [0.15, 0.2) is 188 Å². The van der Waals surface area contributed by atoms with Crippen molar-refractivity contribution < 1.29 is 28.3 Å². The average molecular weight is 962 g/mol. The van der Waals surface area contributed by atoms with E-state index in [4.69, 9.17) is 13.2 Å². The van der Waals surface area contributed by atoms with Gasteiger partial charge in [-0.1, -0.05) is 174 Å². The molecule has 1 radical (unpaired) electrons. The van der Waals surface area contributed by atoms with E-state index in [2.05, 4.69) is 173 Å². The van der Waals surface area contributed by atoms with Gasteiger partial charge in [0, 0.05) is 45.7 Å². The summed E-state index contributed by atoms with van der Waals surface area (Å²) in [6, 6.07) is 64.5. The molecule has 3 aromatic heterocycles. The van der Waals surface area contributed by atoms with Crippen molar-refractivity contribution in [3.05, 3.63) is 222 Å². The number of pyridine rings is 1. The van der Waals surface area contributed by atoms with E-state index in [0.717, 1.165) is 41.0 Å². The maximum absolute atomic E-state index is 7.28. The minimum Gasteiger partial charge on any atom is -0.332 e. The molecule has 59 heavy (non-hydrogen) atoms.